The van der Waals surface area contributed by atoms with Gasteiger partial charge in [0.05, 0.1) is 0 Å². The van der Waals surface area contributed by atoms with Gasteiger partial charge in [0, 0.05) is 0 Å². The lowest BCUT2D eigenvalue weighted by Gasteiger charge is -2.38. The lowest BCUT2D eigenvalue weighted by atomic mass is 9.68. The van der Waals surface area contributed by atoms with Crippen LogP contribution in [-0.2, 0) is 9.59 Å². The Morgan fingerprint density at radius 2 is 1.71 bits per heavy atom. The average molecular weight is 238 g/mol. The maximum Gasteiger partial charge on any atom is 0.328 e. The minimum absolute atomic E-state index is 0.221. The first-order valence-corrected chi connectivity index (χ1v) is 5.73. The van der Waals surface area contributed by atoms with Gasteiger partial charge >= 0.3 is 6.03 Å². The second-order valence-electron chi connectivity index (χ2n) is 4.37. The molecule has 1 fully saturated rings. The summed E-state index contributed by atoms with van der Waals surface area (Å²) >= 11 is 0. The van der Waals surface area contributed by atoms with E-state index in [0.29, 0.717) is 6.42 Å². The molecule has 94 valence electrons. The van der Waals surface area contributed by atoms with E-state index in [9.17, 15) is 14.4 Å². The van der Waals surface area contributed by atoms with Crippen LogP contribution >= 0.6 is 0 Å². The molecule has 1 heterocycles. The molecular formula is C12H18N2O3. The summed E-state index contributed by atoms with van der Waals surface area (Å²) in [5.41, 5.74) is -0.535. The van der Waals surface area contributed by atoms with E-state index in [1.807, 2.05) is 6.92 Å². The predicted octanol–water partition coefficient (Wildman–Crippen LogP) is 1.35. The van der Waals surface area contributed by atoms with E-state index in [1.54, 1.807) is 26.8 Å². The molecule has 0 radical (unpaired) electrons. The number of carbonyl (C=O) groups is 3. The molecule has 1 saturated heterocycles. The van der Waals surface area contributed by atoms with E-state index in [0.717, 1.165) is 5.57 Å². The zero-order valence-electron chi connectivity index (χ0n) is 10.6. The van der Waals surface area contributed by atoms with Gasteiger partial charge in [-0.1, -0.05) is 26.8 Å². The monoisotopic (exact) mass is 238 g/mol. The number of hydrogen-bond acceptors (Lipinski definition) is 3. The van der Waals surface area contributed by atoms with Crippen LogP contribution in [0.4, 0.5) is 4.79 Å². The van der Waals surface area contributed by atoms with Crippen LogP contribution in [0.25, 0.3) is 0 Å². The van der Waals surface area contributed by atoms with Crippen molar-refractivity contribution in [2.75, 3.05) is 0 Å². The van der Waals surface area contributed by atoms with Gasteiger partial charge in [0.1, 0.15) is 0 Å². The maximum atomic E-state index is 12.1. The fraction of sp³-hybridized carbons (Fsp3) is 0.583. The summed E-state index contributed by atoms with van der Waals surface area (Å²) in [6, 6.07) is -0.747. The number of hydrogen-bond donors (Lipinski definition) is 2. The number of imide groups is 2. The van der Waals surface area contributed by atoms with E-state index in [1.165, 1.54) is 0 Å². The number of rotatable bonds is 3. The van der Waals surface area contributed by atoms with E-state index in [-0.39, 0.29) is 5.92 Å². The number of urea groups is 1. The summed E-state index contributed by atoms with van der Waals surface area (Å²) in [4.78, 5) is 35.3. The highest BCUT2D eigenvalue weighted by molar-refractivity contribution is 6.21. The number of barbiturate groups is 1. The third-order valence-corrected chi connectivity index (χ3v) is 3.27. The van der Waals surface area contributed by atoms with Crippen LogP contribution in [-0.4, -0.2) is 17.8 Å². The predicted molar refractivity (Wildman–Crippen MR) is 63.0 cm³/mol. The third kappa shape index (κ3) is 1.85. The Morgan fingerprint density at radius 3 is 2.00 bits per heavy atom. The van der Waals surface area contributed by atoms with Crippen LogP contribution in [0.2, 0.25) is 0 Å². The van der Waals surface area contributed by atoms with Gasteiger partial charge < -0.3 is 0 Å². The molecule has 2 N–H and O–H groups in total. The zero-order valence-corrected chi connectivity index (χ0v) is 10.6. The van der Waals surface area contributed by atoms with Crippen molar-refractivity contribution < 1.29 is 14.4 Å². The number of allylic oxidation sites excluding steroid dienone is 1. The minimum atomic E-state index is -1.27. The van der Waals surface area contributed by atoms with Crippen LogP contribution in [0, 0.1) is 11.3 Å². The molecule has 1 aliphatic rings. The van der Waals surface area contributed by atoms with E-state index >= 15 is 0 Å². The second kappa shape index (κ2) is 4.69. The Kier molecular flexibility index (Phi) is 3.70. The summed E-state index contributed by atoms with van der Waals surface area (Å²) in [5, 5.41) is 4.36. The van der Waals surface area contributed by atoms with E-state index < -0.39 is 23.3 Å². The highest BCUT2D eigenvalue weighted by Crippen LogP contribution is 2.39. The van der Waals surface area contributed by atoms with Gasteiger partial charge in [0.2, 0.25) is 11.8 Å². The van der Waals surface area contributed by atoms with Gasteiger partial charge in [-0.05, 0) is 24.8 Å². The number of amides is 4. The first-order chi connectivity index (χ1) is 7.91. The second-order valence-corrected chi connectivity index (χ2v) is 4.37. The standard InChI is InChI=1S/C12H18N2O3/c1-5-8(6-2)12(7(3)4)9(15)13-11(17)14-10(12)16/h5,7H,6H2,1-4H3,(H2,13,14,15,16,17). The molecule has 0 aromatic carbocycles. The van der Waals surface area contributed by atoms with Crippen molar-refractivity contribution in [1.29, 1.82) is 0 Å². The smallest absolute Gasteiger partial charge is 0.277 e. The van der Waals surface area contributed by atoms with Gasteiger partial charge in [-0.15, -0.1) is 0 Å². The molecule has 0 unspecified atom stereocenters. The molecule has 0 aromatic heterocycles. The Morgan fingerprint density at radius 1 is 1.24 bits per heavy atom. The molecule has 17 heavy (non-hydrogen) atoms. The molecule has 0 bridgehead atoms. The van der Waals surface area contributed by atoms with Crippen molar-refractivity contribution in [2.45, 2.75) is 34.1 Å². The molecule has 0 spiro atoms. The Hall–Kier alpha value is -1.65. The Labute approximate surface area is 101 Å². The quantitative estimate of drug-likeness (QED) is 0.575. The molecule has 0 aromatic rings. The van der Waals surface area contributed by atoms with Crippen LogP contribution in [0.1, 0.15) is 34.1 Å². The molecule has 5 heteroatoms. The fourth-order valence-electron chi connectivity index (χ4n) is 2.44. The summed E-state index contributed by atoms with van der Waals surface area (Å²) in [6.45, 7) is 7.28. The van der Waals surface area contributed by atoms with Crippen LogP contribution in [0.15, 0.2) is 11.6 Å². The van der Waals surface area contributed by atoms with Crippen molar-refractivity contribution in [2.24, 2.45) is 11.3 Å². The Balaban J connectivity index is 3.37. The maximum absolute atomic E-state index is 12.1. The molecule has 0 saturated carbocycles. The third-order valence-electron chi connectivity index (χ3n) is 3.27. The van der Waals surface area contributed by atoms with Gasteiger partial charge in [0.25, 0.3) is 0 Å². The number of carbonyl (C=O) groups excluding carboxylic acids is 3. The summed E-state index contributed by atoms with van der Waals surface area (Å²) in [5.74, 6) is -1.28. The lowest BCUT2D eigenvalue weighted by Crippen LogP contribution is -2.64. The highest BCUT2D eigenvalue weighted by atomic mass is 16.2. The molecule has 1 rings (SSSR count). The molecule has 0 atom stereocenters. The van der Waals surface area contributed by atoms with Crippen LogP contribution in [0.3, 0.4) is 0 Å². The van der Waals surface area contributed by atoms with E-state index in [4.69, 9.17) is 0 Å². The van der Waals surface area contributed by atoms with Crippen molar-refractivity contribution in [3.05, 3.63) is 11.6 Å². The minimum Gasteiger partial charge on any atom is -0.277 e. The molecule has 0 aliphatic carbocycles. The molecular weight excluding hydrogens is 220 g/mol. The summed E-state index contributed by atoms with van der Waals surface area (Å²) < 4.78 is 0. The summed E-state index contributed by atoms with van der Waals surface area (Å²) in [7, 11) is 0. The Bertz CT molecular complexity index is 377. The summed E-state index contributed by atoms with van der Waals surface area (Å²) in [6.07, 6.45) is 2.36. The van der Waals surface area contributed by atoms with E-state index in [2.05, 4.69) is 10.6 Å². The number of nitrogens with one attached hydrogen (secondary N) is 2. The first-order valence-electron chi connectivity index (χ1n) is 5.73. The van der Waals surface area contributed by atoms with Gasteiger partial charge in [0.15, 0.2) is 5.41 Å². The van der Waals surface area contributed by atoms with Gasteiger partial charge in [-0.25, -0.2) is 4.79 Å². The van der Waals surface area contributed by atoms with Gasteiger partial charge in [-0.2, -0.15) is 0 Å². The van der Waals surface area contributed by atoms with Crippen molar-refractivity contribution in [1.82, 2.24) is 10.6 Å². The van der Waals surface area contributed by atoms with Crippen LogP contribution < -0.4 is 10.6 Å². The topological polar surface area (TPSA) is 75.3 Å². The largest absolute Gasteiger partial charge is 0.328 e. The normalized spacial score (nSPS) is 20.3. The SMILES string of the molecule is CC=C(CC)C1(C(C)C)C(=O)NC(=O)NC1=O. The van der Waals surface area contributed by atoms with Crippen LogP contribution in [0.5, 0.6) is 0 Å². The zero-order chi connectivity index (χ0) is 13.2. The van der Waals surface area contributed by atoms with Crippen molar-refractivity contribution in [3.8, 4) is 0 Å². The van der Waals surface area contributed by atoms with Crippen molar-refractivity contribution >= 4 is 17.8 Å². The molecule has 1 aliphatic heterocycles. The van der Waals surface area contributed by atoms with Gasteiger partial charge in [-0.3, -0.25) is 20.2 Å². The molecule has 4 amide bonds. The van der Waals surface area contributed by atoms with Crippen molar-refractivity contribution in [3.63, 3.8) is 0 Å². The fourth-order valence-corrected chi connectivity index (χ4v) is 2.44. The lowest BCUT2D eigenvalue weighted by molar-refractivity contribution is -0.144. The average Bonchev–Trinajstić information content (AvgIpc) is 2.22. The molecule has 5 nitrogen and oxygen atoms in total. The first kappa shape index (κ1) is 13.4. The highest BCUT2D eigenvalue weighted by Gasteiger charge is 2.54.